The highest BCUT2D eigenvalue weighted by Crippen LogP contribution is 2.32. The first-order chi connectivity index (χ1) is 14.8. The first-order valence-corrected chi connectivity index (χ1v) is 10.0. The fourth-order valence-electron chi connectivity index (χ4n) is 3.97. The van der Waals surface area contributed by atoms with E-state index in [1.54, 1.807) is 7.11 Å². The van der Waals surface area contributed by atoms with E-state index >= 15 is 0 Å². The van der Waals surface area contributed by atoms with E-state index in [1.165, 1.54) is 24.3 Å². The average Bonchev–Trinajstić information content (AvgIpc) is 3.23. The van der Waals surface area contributed by atoms with E-state index < -0.39 is 12.5 Å². The van der Waals surface area contributed by atoms with E-state index in [0.717, 1.165) is 42.2 Å². The van der Waals surface area contributed by atoms with Gasteiger partial charge in [0.1, 0.15) is 23.4 Å². The summed E-state index contributed by atoms with van der Waals surface area (Å²) >= 11 is 0. The largest absolute Gasteiger partial charge is 0.573 e. The molecule has 6 nitrogen and oxygen atoms in total. The monoisotopic (exact) mass is 435 g/mol. The zero-order valence-electron chi connectivity index (χ0n) is 16.9. The Morgan fingerprint density at radius 1 is 1.10 bits per heavy atom. The van der Waals surface area contributed by atoms with Crippen LogP contribution in [0.2, 0.25) is 0 Å². The second-order valence-corrected chi connectivity index (χ2v) is 7.54. The number of ether oxygens (including phenoxy) is 2. The molecule has 166 valence electrons. The smallest absolute Gasteiger partial charge is 0.497 e. The van der Waals surface area contributed by atoms with Crippen LogP contribution in [0, 0.1) is 0 Å². The SMILES string of the molecule is COc1ccc([C@@H](O)[C@H]2CN3CCCC3=C(Nc3ccc(OC(F)(F)F)cc3)N2)cc1. The number of rotatable bonds is 6. The minimum absolute atomic E-state index is 0.259. The molecule has 1 fully saturated rings. The number of aliphatic hydroxyl groups is 1. The Labute approximate surface area is 178 Å². The minimum Gasteiger partial charge on any atom is -0.497 e. The summed E-state index contributed by atoms with van der Waals surface area (Å²) in [6, 6.07) is 12.6. The topological polar surface area (TPSA) is 66.0 Å². The third kappa shape index (κ3) is 4.99. The van der Waals surface area contributed by atoms with Crippen LogP contribution in [-0.2, 0) is 0 Å². The molecule has 2 atom stereocenters. The van der Waals surface area contributed by atoms with Gasteiger partial charge in [-0.1, -0.05) is 12.1 Å². The van der Waals surface area contributed by atoms with Gasteiger partial charge in [-0.05, 0) is 54.8 Å². The standard InChI is InChI=1S/C22H24F3N3O3/c1-30-16-8-4-14(5-9-16)20(29)18-13-28-12-2-3-19(28)21(27-18)26-15-6-10-17(11-7-15)31-22(23,24)25/h4-11,18,20,26-27,29H,2-3,12-13H2,1H3/t18-,20-/m1/s1. The van der Waals surface area contributed by atoms with Crippen molar-refractivity contribution in [1.82, 2.24) is 10.2 Å². The number of nitrogens with zero attached hydrogens (tertiary/aromatic N) is 1. The maximum absolute atomic E-state index is 12.4. The highest BCUT2D eigenvalue weighted by Gasteiger charge is 2.34. The number of methoxy groups -OCH3 is 1. The molecule has 0 saturated carbocycles. The summed E-state index contributed by atoms with van der Waals surface area (Å²) in [5.74, 6) is 1.20. The van der Waals surface area contributed by atoms with E-state index in [0.29, 0.717) is 12.2 Å². The molecule has 2 heterocycles. The van der Waals surface area contributed by atoms with Crippen LogP contribution in [-0.4, -0.2) is 42.6 Å². The van der Waals surface area contributed by atoms with Gasteiger partial charge in [0, 0.05) is 18.8 Å². The molecule has 31 heavy (non-hydrogen) atoms. The molecular formula is C22H24F3N3O3. The van der Waals surface area contributed by atoms with Crippen LogP contribution in [0.25, 0.3) is 0 Å². The normalized spacial score (nSPS) is 19.5. The summed E-state index contributed by atoms with van der Waals surface area (Å²) in [7, 11) is 1.59. The second kappa shape index (κ2) is 8.58. The summed E-state index contributed by atoms with van der Waals surface area (Å²) in [6.45, 7) is 1.55. The Balaban J connectivity index is 1.49. The van der Waals surface area contributed by atoms with Crippen molar-refractivity contribution < 1.29 is 27.8 Å². The van der Waals surface area contributed by atoms with E-state index in [1.807, 2.05) is 24.3 Å². The summed E-state index contributed by atoms with van der Waals surface area (Å²) in [5, 5.41) is 17.6. The molecule has 3 N–H and O–H groups in total. The Morgan fingerprint density at radius 2 is 1.77 bits per heavy atom. The lowest BCUT2D eigenvalue weighted by atomic mass is 10.00. The molecule has 0 bridgehead atoms. The lowest BCUT2D eigenvalue weighted by Gasteiger charge is -2.38. The average molecular weight is 435 g/mol. The number of benzene rings is 2. The Morgan fingerprint density at radius 3 is 2.42 bits per heavy atom. The summed E-state index contributed by atoms with van der Waals surface area (Å²) in [4.78, 5) is 2.23. The van der Waals surface area contributed by atoms with Crippen molar-refractivity contribution in [3.8, 4) is 11.5 Å². The molecule has 0 unspecified atom stereocenters. The molecule has 0 aliphatic carbocycles. The molecule has 9 heteroatoms. The Bertz CT molecular complexity index is 930. The molecular weight excluding hydrogens is 411 g/mol. The highest BCUT2D eigenvalue weighted by molar-refractivity contribution is 5.51. The van der Waals surface area contributed by atoms with Gasteiger partial charge in [0.05, 0.1) is 18.8 Å². The van der Waals surface area contributed by atoms with Crippen molar-refractivity contribution in [3.63, 3.8) is 0 Å². The number of nitrogens with one attached hydrogen (secondary N) is 2. The first-order valence-electron chi connectivity index (χ1n) is 10.0. The number of fused-ring (bicyclic) bond motifs is 1. The van der Waals surface area contributed by atoms with Crippen molar-refractivity contribution in [2.45, 2.75) is 31.3 Å². The number of hydrogen-bond acceptors (Lipinski definition) is 6. The number of halogens is 3. The maximum atomic E-state index is 12.4. The van der Waals surface area contributed by atoms with Gasteiger partial charge in [-0.2, -0.15) is 0 Å². The predicted octanol–water partition coefficient (Wildman–Crippen LogP) is 3.98. The molecule has 1 saturated heterocycles. The number of anilines is 1. The van der Waals surface area contributed by atoms with Crippen molar-refractivity contribution in [2.24, 2.45) is 0 Å². The second-order valence-electron chi connectivity index (χ2n) is 7.54. The zero-order chi connectivity index (χ0) is 22.0. The van der Waals surface area contributed by atoms with Crippen LogP contribution in [0.3, 0.4) is 0 Å². The van der Waals surface area contributed by atoms with Crippen LogP contribution in [0.5, 0.6) is 11.5 Å². The van der Waals surface area contributed by atoms with Crippen LogP contribution < -0.4 is 20.1 Å². The minimum atomic E-state index is -4.72. The van der Waals surface area contributed by atoms with Crippen molar-refractivity contribution in [1.29, 1.82) is 0 Å². The molecule has 0 radical (unpaired) electrons. The van der Waals surface area contributed by atoms with Crippen molar-refractivity contribution in [3.05, 3.63) is 65.6 Å². The molecule has 2 aromatic carbocycles. The van der Waals surface area contributed by atoms with Crippen molar-refractivity contribution in [2.75, 3.05) is 25.5 Å². The van der Waals surface area contributed by atoms with Crippen LogP contribution >= 0.6 is 0 Å². The third-order valence-corrected chi connectivity index (χ3v) is 5.45. The highest BCUT2D eigenvalue weighted by atomic mass is 19.4. The van der Waals surface area contributed by atoms with Crippen molar-refractivity contribution >= 4 is 5.69 Å². The van der Waals surface area contributed by atoms with E-state index in [2.05, 4.69) is 20.3 Å². The van der Waals surface area contributed by atoms with Gasteiger partial charge < -0.3 is 30.1 Å². The van der Waals surface area contributed by atoms with Gasteiger partial charge in [0.15, 0.2) is 0 Å². The zero-order valence-corrected chi connectivity index (χ0v) is 16.9. The van der Waals surface area contributed by atoms with E-state index in [4.69, 9.17) is 4.74 Å². The molecule has 2 aliphatic rings. The van der Waals surface area contributed by atoms with Crippen LogP contribution in [0.1, 0.15) is 24.5 Å². The third-order valence-electron chi connectivity index (χ3n) is 5.45. The van der Waals surface area contributed by atoms with Crippen LogP contribution in [0.4, 0.5) is 18.9 Å². The van der Waals surface area contributed by atoms with Gasteiger partial charge in [-0.15, -0.1) is 13.2 Å². The van der Waals surface area contributed by atoms with Crippen LogP contribution in [0.15, 0.2) is 60.0 Å². The maximum Gasteiger partial charge on any atom is 0.573 e. The van der Waals surface area contributed by atoms with Gasteiger partial charge >= 0.3 is 6.36 Å². The fourth-order valence-corrected chi connectivity index (χ4v) is 3.97. The summed E-state index contributed by atoms with van der Waals surface area (Å²) in [6.07, 6.45) is -3.57. The van der Waals surface area contributed by atoms with Gasteiger partial charge in [0.2, 0.25) is 0 Å². The first kappa shape index (κ1) is 21.2. The fraction of sp³-hybridized carbons (Fsp3) is 0.364. The molecule has 0 spiro atoms. The van der Waals surface area contributed by atoms with E-state index in [9.17, 15) is 18.3 Å². The number of alkyl halides is 3. The number of aliphatic hydroxyl groups excluding tert-OH is 1. The molecule has 0 aromatic heterocycles. The Kier molecular flexibility index (Phi) is 5.86. The summed E-state index contributed by atoms with van der Waals surface area (Å²) in [5.41, 5.74) is 2.50. The predicted molar refractivity (Wildman–Crippen MR) is 109 cm³/mol. The molecule has 2 aromatic rings. The lowest BCUT2D eigenvalue weighted by Crippen LogP contribution is -2.49. The molecule has 0 amide bonds. The van der Waals surface area contributed by atoms with E-state index in [-0.39, 0.29) is 11.8 Å². The summed E-state index contributed by atoms with van der Waals surface area (Å²) < 4.78 is 46.2. The Hall–Kier alpha value is -3.07. The molecule has 4 rings (SSSR count). The quantitative estimate of drug-likeness (QED) is 0.638. The number of allylic oxidation sites excluding steroid dienone is 1. The van der Waals surface area contributed by atoms with Gasteiger partial charge in [0.25, 0.3) is 0 Å². The van der Waals surface area contributed by atoms with Gasteiger partial charge in [-0.25, -0.2) is 0 Å². The van der Waals surface area contributed by atoms with Gasteiger partial charge in [-0.3, -0.25) is 0 Å². The molecule has 2 aliphatic heterocycles. The lowest BCUT2D eigenvalue weighted by molar-refractivity contribution is -0.274. The number of hydrogen-bond donors (Lipinski definition) is 3.